The summed E-state index contributed by atoms with van der Waals surface area (Å²) in [5, 5.41) is 6.58. The molecule has 1 aliphatic heterocycles. The van der Waals surface area contributed by atoms with Crippen LogP contribution in [0.25, 0.3) is 5.69 Å². The Bertz CT molecular complexity index is 855. The maximum absolute atomic E-state index is 12.9. The van der Waals surface area contributed by atoms with E-state index < -0.39 is 17.6 Å². The largest absolute Gasteiger partial charge is 0.416 e. The lowest BCUT2D eigenvalue weighted by atomic mass is 10.2. The first kappa shape index (κ1) is 18.9. The Morgan fingerprint density at radius 3 is 2.59 bits per heavy atom. The van der Waals surface area contributed by atoms with E-state index in [9.17, 15) is 22.8 Å². The molecule has 1 fully saturated rings. The maximum Gasteiger partial charge on any atom is 0.416 e. The molecule has 1 aromatic heterocycles. The molecule has 0 radical (unpaired) electrons. The summed E-state index contributed by atoms with van der Waals surface area (Å²) in [6, 6.07) is 4.71. The average molecular weight is 380 g/mol. The van der Waals surface area contributed by atoms with Crippen molar-refractivity contribution in [2.45, 2.75) is 25.9 Å². The van der Waals surface area contributed by atoms with E-state index in [2.05, 4.69) is 10.4 Å². The molecule has 2 aromatic rings. The Kier molecular flexibility index (Phi) is 5.20. The molecular weight excluding hydrogens is 361 g/mol. The van der Waals surface area contributed by atoms with Gasteiger partial charge in [-0.05, 0) is 38.0 Å². The molecule has 0 bridgehead atoms. The summed E-state index contributed by atoms with van der Waals surface area (Å²) in [4.78, 5) is 26.0. The Morgan fingerprint density at radius 1 is 1.22 bits per heavy atom. The number of carbonyl (C=O) groups excluding carboxylic acids is 2. The van der Waals surface area contributed by atoms with Gasteiger partial charge >= 0.3 is 6.18 Å². The summed E-state index contributed by atoms with van der Waals surface area (Å²) in [6.45, 7) is 2.86. The number of carbonyl (C=O) groups is 2. The predicted molar refractivity (Wildman–Crippen MR) is 91.5 cm³/mol. The fourth-order valence-corrected chi connectivity index (χ4v) is 3.04. The zero-order valence-corrected chi connectivity index (χ0v) is 14.7. The first-order valence-electron chi connectivity index (χ1n) is 8.55. The quantitative estimate of drug-likeness (QED) is 0.887. The van der Waals surface area contributed by atoms with Gasteiger partial charge in [0.05, 0.1) is 35.2 Å². The van der Waals surface area contributed by atoms with Gasteiger partial charge in [0.1, 0.15) is 0 Å². The van der Waals surface area contributed by atoms with Crippen LogP contribution < -0.4 is 5.32 Å². The molecule has 1 N–H and O–H groups in total. The number of rotatable bonds is 4. The topological polar surface area (TPSA) is 67.2 Å². The summed E-state index contributed by atoms with van der Waals surface area (Å²) in [5.41, 5.74) is 0.00806. The molecule has 0 aliphatic carbocycles. The predicted octanol–water partition coefficient (Wildman–Crippen LogP) is 2.55. The number of hydrogen-bond acceptors (Lipinski definition) is 3. The van der Waals surface area contributed by atoms with E-state index in [4.69, 9.17) is 0 Å². The summed E-state index contributed by atoms with van der Waals surface area (Å²) in [6.07, 6.45) is -1.26. The van der Waals surface area contributed by atoms with Gasteiger partial charge in [-0.2, -0.15) is 18.3 Å². The lowest BCUT2D eigenvalue weighted by Gasteiger charge is -2.15. The lowest BCUT2D eigenvalue weighted by molar-refractivity contribution is -0.137. The zero-order chi connectivity index (χ0) is 19.6. The minimum absolute atomic E-state index is 0.118. The molecule has 0 saturated carbocycles. The van der Waals surface area contributed by atoms with Crippen LogP contribution in [0.3, 0.4) is 0 Å². The zero-order valence-electron chi connectivity index (χ0n) is 14.7. The smallest absolute Gasteiger partial charge is 0.343 e. The summed E-state index contributed by atoms with van der Waals surface area (Å²) < 4.78 is 39.9. The number of hydrogen-bond donors (Lipinski definition) is 1. The molecule has 1 aliphatic rings. The summed E-state index contributed by atoms with van der Waals surface area (Å²) in [5.74, 6) is -0.637. The minimum Gasteiger partial charge on any atom is -0.343 e. The van der Waals surface area contributed by atoms with E-state index in [-0.39, 0.29) is 23.7 Å². The van der Waals surface area contributed by atoms with Crippen LogP contribution in [0, 0.1) is 6.92 Å². The van der Waals surface area contributed by atoms with Gasteiger partial charge in [0.25, 0.3) is 5.91 Å². The number of nitrogens with one attached hydrogen (secondary N) is 1. The van der Waals surface area contributed by atoms with Gasteiger partial charge in [-0.1, -0.05) is 6.07 Å². The molecule has 27 heavy (non-hydrogen) atoms. The molecule has 1 saturated heterocycles. The number of likely N-dealkylation sites (tertiary alicyclic amines) is 1. The fourth-order valence-electron chi connectivity index (χ4n) is 3.04. The van der Waals surface area contributed by atoms with Crippen LogP contribution >= 0.6 is 0 Å². The van der Waals surface area contributed by atoms with Gasteiger partial charge < -0.3 is 10.2 Å². The van der Waals surface area contributed by atoms with E-state index in [0.717, 1.165) is 25.0 Å². The van der Waals surface area contributed by atoms with Gasteiger partial charge in [0, 0.05) is 13.1 Å². The first-order valence-corrected chi connectivity index (χ1v) is 8.55. The number of benzene rings is 1. The van der Waals surface area contributed by atoms with Gasteiger partial charge in [0.2, 0.25) is 5.91 Å². The van der Waals surface area contributed by atoms with Crippen molar-refractivity contribution in [2.24, 2.45) is 0 Å². The van der Waals surface area contributed by atoms with Crippen LogP contribution in [0.1, 0.15) is 34.5 Å². The second kappa shape index (κ2) is 7.42. The Hall–Kier alpha value is -2.84. The minimum atomic E-state index is -4.47. The fraction of sp³-hybridized carbons (Fsp3) is 0.389. The first-order chi connectivity index (χ1) is 12.8. The standard InChI is InChI=1S/C18H19F3N4O2/c1-12-15(17(27)22-11-16(26)24-7-2-3-8-24)10-23-25(12)14-6-4-5-13(9-14)18(19,20)21/h4-6,9-10H,2-3,7-8,11H2,1H3,(H,22,27). The van der Waals surface area contributed by atoms with Crippen LogP contribution in [0.5, 0.6) is 0 Å². The molecule has 144 valence electrons. The van der Waals surface area contributed by atoms with Crippen molar-refractivity contribution in [3.8, 4) is 5.69 Å². The van der Waals surface area contributed by atoms with Crippen molar-refractivity contribution in [2.75, 3.05) is 19.6 Å². The second-order valence-electron chi connectivity index (χ2n) is 6.37. The highest BCUT2D eigenvalue weighted by atomic mass is 19.4. The third kappa shape index (κ3) is 4.12. The van der Waals surface area contributed by atoms with Crippen molar-refractivity contribution in [3.05, 3.63) is 47.3 Å². The summed E-state index contributed by atoms with van der Waals surface area (Å²) in [7, 11) is 0. The second-order valence-corrected chi connectivity index (χ2v) is 6.37. The van der Waals surface area contributed by atoms with Crippen LogP contribution in [-0.4, -0.2) is 46.1 Å². The molecule has 0 atom stereocenters. The normalized spacial score (nSPS) is 14.4. The number of aromatic nitrogens is 2. The molecule has 9 heteroatoms. The van der Waals surface area contributed by atoms with Gasteiger partial charge in [-0.3, -0.25) is 9.59 Å². The van der Waals surface area contributed by atoms with Crippen molar-refractivity contribution < 1.29 is 22.8 Å². The van der Waals surface area contributed by atoms with Crippen LogP contribution in [-0.2, 0) is 11.0 Å². The molecule has 0 unspecified atom stereocenters. The summed E-state index contributed by atoms with van der Waals surface area (Å²) >= 11 is 0. The Labute approximate surface area is 154 Å². The molecule has 3 rings (SSSR count). The van der Waals surface area contributed by atoms with Crippen molar-refractivity contribution in [1.82, 2.24) is 20.0 Å². The monoisotopic (exact) mass is 380 g/mol. The lowest BCUT2D eigenvalue weighted by Crippen LogP contribution is -2.38. The third-order valence-electron chi connectivity index (χ3n) is 4.53. The van der Waals surface area contributed by atoms with Gasteiger partial charge in [-0.15, -0.1) is 0 Å². The SMILES string of the molecule is Cc1c(C(=O)NCC(=O)N2CCCC2)cnn1-c1cccc(C(F)(F)F)c1. The van der Waals surface area contributed by atoms with Crippen molar-refractivity contribution in [1.29, 1.82) is 0 Å². The molecule has 2 heterocycles. The molecule has 2 amide bonds. The highest BCUT2D eigenvalue weighted by molar-refractivity contribution is 5.97. The maximum atomic E-state index is 12.9. The highest BCUT2D eigenvalue weighted by Gasteiger charge is 2.30. The molecule has 1 aromatic carbocycles. The molecule has 6 nitrogen and oxygen atoms in total. The van der Waals surface area contributed by atoms with Gasteiger partial charge in [-0.25, -0.2) is 4.68 Å². The number of nitrogens with zero attached hydrogens (tertiary/aromatic N) is 3. The third-order valence-corrected chi connectivity index (χ3v) is 4.53. The number of alkyl halides is 3. The van der Waals surface area contributed by atoms with E-state index in [1.54, 1.807) is 11.8 Å². The van der Waals surface area contributed by atoms with E-state index in [0.29, 0.717) is 18.8 Å². The van der Waals surface area contributed by atoms with E-state index in [1.807, 2.05) is 0 Å². The Balaban J connectivity index is 1.73. The molecule has 0 spiro atoms. The van der Waals surface area contributed by atoms with E-state index in [1.165, 1.54) is 23.0 Å². The Morgan fingerprint density at radius 2 is 1.93 bits per heavy atom. The van der Waals surface area contributed by atoms with Gasteiger partial charge in [0.15, 0.2) is 0 Å². The van der Waals surface area contributed by atoms with Crippen molar-refractivity contribution >= 4 is 11.8 Å². The highest BCUT2D eigenvalue weighted by Crippen LogP contribution is 2.30. The average Bonchev–Trinajstić information content (AvgIpc) is 3.28. The van der Waals surface area contributed by atoms with Crippen LogP contribution in [0.15, 0.2) is 30.5 Å². The number of halogens is 3. The number of amides is 2. The van der Waals surface area contributed by atoms with Crippen molar-refractivity contribution in [3.63, 3.8) is 0 Å². The van der Waals surface area contributed by atoms with Crippen LogP contribution in [0.4, 0.5) is 13.2 Å². The molecular formula is C18H19F3N4O2. The van der Waals surface area contributed by atoms with Crippen LogP contribution in [0.2, 0.25) is 0 Å². The van der Waals surface area contributed by atoms with E-state index >= 15 is 0 Å².